The van der Waals surface area contributed by atoms with Gasteiger partial charge in [0.05, 0.1) is 5.92 Å². The molecule has 1 N–H and O–H groups in total. The lowest BCUT2D eigenvalue weighted by Crippen LogP contribution is -2.30. The van der Waals surface area contributed by atoms with Crippen molar-refractivity contribution in [2.75, 3.05) is 6.54 Å². The van der Waals surface area contributed by atoms with Gasteiger partial charge in [-0.2, -0.15) is 4.98 Å². The maximum atomic E-state index is 5.89. The molecule has 0 saturated heterocycles. The molecule has 1 aromatic carbocycles. The Kier molecular flexibility index (Phi) is 3.92. The van der Waals surface area contributed by atoms with Gasteiger partial charge in [-0.15, -0.1) is 0 Å². The summed E-state index contributed by atoms with van der Waals surface area (Å²) < 4.78 is 11.3. The average Bonchev–Trinajstić information content (AvgIpc) is 3.13. The van der Waals surface area contributed by atoms with E-state index in [-0.39, 0.29) is 12.0 Å². The van der Waals surface area contributed by atoms with Crippen LogP contribution in [-0.2, 0) is 6.42 Å². The second-order valence-corrected chi connectivity index (χ2v) is 5.54. The van der Waals surface area contributed by atoms with Crippen LogP contribution >= 0.6 is 0 Å². The first kappa shape index (κ1) is 14.1. The fourth-order valence-corrected chi connectivity index (χ4v) is 2.60. The normalized spacial score (nSPS) is 19.9. The van der Waals surface area contributed by atoms with Crippen LogP contribution in [0.3, 0.4) is 0 Å². The van der Waals surface area contributed by atoms with Crippen LogP contribution in [0.15, 0.2) is 28.8 Å². The number of nitrogens with one attached hydrogen (secondary N) is 1. The number of hydrogen-bond acceptors (Lipinski definition) is 5. The van der Waals surface area contributed by atoms with Gasteiger partial charge in [-0.05, 0) is 25.1 Å². The first-order chi connectivity index (χ1) is 10.2. The summed E-state index contributed by atoms with van der Waals surface area (Å²) in [6.45, 7) is 7.23. The number of ether oxygens (including phenoxy) is 1. The van der Waals surface area contributed by atoms with Crippen LogP contribution in [0.2, 0.25) is 0 Å². The number of rotatable bonds is 5. The lowest BCUT2D eigenvalue weighted by atomic mass is 10.0. The first-order valence-corrected chi connectivity index (χ1v) is 7.50. The van der Waals surface area contributed by atoms with Crippen molar-refractivity contribution >= 4 is 0 Å². The van der Waals surface area contributed by atoms with Gasteiger partial charge in [0.1, 0.15) is 5.75 Å². The second-order valence-electron chi connectivity index (χ2n) is 5.54. The minimum Gasteiger partial charge on any atom is -0.482 e. The average molecular weight is 287 g/mol. The Morgan fingerprint density at radius 1 is 1.33 bits per heavy atom. The Labute approximate surface area is 124 Å². The number of benzene rings is 1. The number of hydrogen-bond donors (Lipinski definition) is 1. The van der Waals surface area contributed by atoms with E-state index in [1.165, 1.54) is 5.56 Å². The van der Waals surface area contributed by atoms with Crippen molar-refractivity contribution in [3.05, 3.63) is 41.5 Å². The van der Waals surface area contributed by atoms with Gasteiger partial charge in [-0.1, -0.05) is 37.2 Å². The van der Waals surface area contributed by atoms with Gasteiger partial charge in [0.15, 0.2) is 6.10 Å². The standard InChI is InChI=1S/C16H21N3O2/c1-4-17-11(3)10(2)16-18-15(19-21-16)14-9-12-7-5-6-8-13(12)20-14/h5-8,10-11,14,17H,4,9H2,1-3H3. The lowest BCUT2D eigenvalue weighted by molar-refractivity contribution is 0.220. The highest BCUT2D eigenvalue weighted by Gasteiger charge is 2.29. The van der Waals surface area contributed by atoms with Crippen molar-refractivity contribution in [2.45, 2.75) is 45.3 Å². The molecule has 5 heteroatoms. The summed E-state index contributed by atoms with van der Waals surface area (Å²) in [5.41, 5.74) is 1.20. The zero-order chi connectivity index (χ0) is 14.8. The molecule has 1 aliphatic heterocycles. The molecule has 0 amide bonds. The van der Waals surface area contributed by atoms with E-state index in [1.807, 2.05) is 18.2 Å². The van der Waals surface area contributed by atoms with Crippen molar-refractivity contribution in [2.24, 2.45) is 0 Å². The van der Waals surface area contributed by atoms with E-state index in [0.717, 1.165) is 18.7 Å². The van der Waals surface area contributed by atoms with Crippen molar-refractivity contribution in [1.82, 2.24) is 15.5 Å². The quantitative estimate of drug-likeness (QED) is 0.916. The Bertz CT molecular complexity index is 586. The third kappa shape index (κ3) is 2.78. The van der Waals surface area contributed by atoms with E-state index in [0.29, 0.717) is 17.8 Å². The molecule has 112 valence electrons. The van der Waals surface area contributed by atoms with E-state index < -0.39 is 0 Å². The minimum atomic E-state index is -0.137. The maximum absolute atomic E-state index is 5.89. The highest BCUT2D eigenvalue weighted by molar-refractivity contribution is 5.37. The summed E-state index contributed by atoms with van der Waals surface area (Å²) in [5, 5.41) is 7.48. The van der Waals surface area contributed by atoms with Gasteiger partial charge in [-0.25, -0.2) is 0 Å². The minimum absolute atomic E-state index is 0.137. The van der Waals surface area contributed by atoms with Gasteiger partial charge in [-0.3, -0.25) is 0 Å². The highest BCUT2D eigenvalue weighted by Crippen LogP contribution is 2.35. The van der Waals surface area contributed by atoms with Gasteiger partial charge < -0.3 is 14.6 Å². The summed E-state index contributed by atoms with van der Waals surface area (Å²) in [7, 11) is 0. The summed E-state index contributed by atoms with van der Waals surface area (Å²) in [6.07, 6.45) is 0.660. The van der Waals surface area contributed by atoms with Gasteiger partial charge >= 0.3 is 0 Å². The summed E-state index contributed by atoms with van der Waals surface area (Å²) in [4.78, 5) is 4.54. The van der Waals surface area contributed by atoms with Crippen LogP contribution in [0.25, 0.3) is 0 Å². The summed E-state index contributed by atoms with van der Waals surface area (Å²) in [6, 6.07) is 8.35. The molecule has 0 bridgehead atoms. The zero-order valence-corrected chi connectivity index (χ0v) is 12.7. The van der Waals surface area contributed by atoms with Gasteiger partial charge in [0.25, 0.3) is 0 Å². The third-order valence-electron chi connectivity index (χ3n) is 4.06. The molecule has 3 atom stereocenters. The molecule has 1 aromatic heterocycles. The zero-order valence-electron chi connectivity index (χ0n) is 12.7. The molecule has 0 saturated carbocycles. The van der Waals surface area contributed by atoms with E-state index in [2.05, 4.69) is 42.3 Å². The first-order valence-electron chi connectivity index (χ1n) is 7.50. The number of likely N-dealkylation sites (N-methyl/N-ethyl adjacent to an activating group) is 1. The van der Waals surface area contributed by atoms with E-state index in [4.69, 9.17) is 9.26 Å². The molecule has 21 heavy (non-hydrogen) atoms. The van der Waals surface area contributed by atoms with Gasteiger partial charge in [0.2, 0.25) is 11.7 Å². The van der Waals surface area contributed by atoms with E-state index >= 15 is 0 Å². The second kappa shape index (κ2) is 5.85. The maximum Gasteiger partial charge on any atom is 0.231 e. The third-order valence-corrected chi connectivity index (χ3v) is 4.06. The highest BCUT2D eigenvalue weighted by atomic mass is 16.5. The number of fused-ring (bicyclic) bond motifs is 1. The summed E-state index contributed by atoms with van der Waals surface area (Å²) in [5.74, 6) is 2.40. The number of nitrogens with zero attached hydrogens (tertiary/aromatic N) is 2. The Morgan fingerprint density at radius 3 is 2.90 bits per heavy atom. The molecule has 2 aromatic rings. The van der Waals surface area contributed by atoms with Gasteiger partial charge in [0, 0.05) is 12.5 Å². The van der Waals surface area contributed by atoms with Crippen molar-refractivity contribution in [1.29, 1.82) is 0 Å². The molecule has 3 rings (SSSR count). The smallest absolute Gasteiger partial charge is 0.231 e. The predicted molar refractivity (Wildman–Crippen MR) is 79.4 cm³/mol. The number of para-hydroxylation sites is 1. The number of aromatic nitrogens is 2. The van der Waals surface area contributed by atoms with E-state index in [1.54, 1.807) is 0 Å². The molecule has 0 fully saturated rings. The van der Waals surface area contributed by atoms with Crippen LogP contribution in [0, 0.1) is 0 Å². The SMILES string of the molecule is CCNC(C)C(C)c1nc(C2Cc3ccccc3O2)no1. The van der Waals surface area contributed by atoms with Crippen LogP contribution in [-0.4, -0.2) is 22.7 Å². The van der Waals surface area contributed by atoms with Crippen LogP contribution in [0.5, 0.6) is 5.75 Å². The fraction of sp³-hybridized carbons (Fsp3) is 0.500. The van der Waals surface area contributed by atoms with Crippen LogP contribution in [0.1, 0.15) is 50.1 Å². The Morgan fingerprint density at radius 2 is 2.14 bits per heavy atom. The van der Waals surface area contributed by atoms with Crippen LogP contribution < -0.4 is 10.1 Å². The molecular weight excluding hydrogens is 266 g/mol. The lowest BCUT2D eigenvalue weighted by Gasteiger charge is -2.16. The van der Waals surface area contributed by atoms with Crippen molar-refractivity contribution in [3.63, 3.8) is 0 Å². The van der Waals surface area contributed by atoms with Crippen LogP contribution in [0.4, 0.5) is 0 Å². The molecule has 2 heterocycles. The molecule has 0 aliphatic carbocycles. The van der Waals surface area contributed by atoms with Crippen molar-refractivity contribution in [3.8, 4) is 5.75 Å². The molecule has 0 radical (unpaired) electrons. The molecule has 5 nitrogen and oxygen atoms in total. The molecular formula is C16H21N3O2. The summed E-state index contributed by atoms with van der Waals surface area (Å²) >= 11 is 0. The molecule has 3 unspecified atom stereocenters. The Balaban J connectivity index is 1.72. The monoisotopic (exact) mass is 287 g/mol. The fourth-order valence-electron chi connectivity index (χ4n) is 2.60. The molecule has 1 aliphatic rings. The Hall–Kier alpha value is -1.88. The van der Waals surface area contributed by atoms with E-state index in [9.17, 15) is 0 Å². The predicted octanol–water partition coefficient (Wildman–Crippen LogP) is 2.85. The largest absolute Gasteiger partial charge is 0.482 e. The molecule has 0 spiro atoms. The van der Waals surface area contributed by atoms with Crippen molar-refractivity contribution < 1.29 is 9.26 Å². The topological polar surface area (TPSA) is 60.2 Å².